The van der Waals surface area contributed by atoms with Crippen LogP contribution in [-0.2, 0) is 5.75 Å². The summed E-state index contributed by atoms with van der Waals surface area (Å²) in [5.74, 6) is 0.652. The van der Waals surface area contributed by atoms with Crippen LogP contribution in [0.3, 0.4) is 0 Å². The highest BCUT2D eigenvalue weighted by molar-refractivity contribution is 7.98. The summed E-state index contributed by atoms with van der Waals surface area (Å²) < 4.78 is 5.98. The number of aromatic nitrogens is 2. The Morgan fingerprint density at radius 3 is 2.44 bits per heavy atom. The van der Waals surface area contributed by atoms with Gasteiger partial charge in [-0.05, 0) is 37.1 Å². The first-order chi connectivity index (χ1) is 16.7. The minimum absolute atomic E-state index is 0.0153. The molecule has 0 atom stereocenters. The second-order valence-corrected chi connectivity index (χ2v) is 9.07. The van der Waals surface area contributed by atoms with Gasteiger partial charge in [0.1, 0.15) is 5.58 Å². The van der Waals surface area contributed by atoms with Gasteiger partial charge in [-0.2, -0.15) is 0 Å². The molecule has 172 valence electrons. The number of carbonyl (C=O) groups is 2. The van der Waals surface area contributed by atoms with E-state index in [9.17, 15) is 9.59 Å². The number of carbonyl (C=O) groups excluding carboxylic acids is 2. The molecule has 2 amide bonds. The molecular weight excluding hydrogens is 448 g/mol. The number of hydrogen-bond donors (Lipinski definition) is 1. The molecule has 5 rings (SSSR count). The molecule has 0 unspecified atom stereocenters. The van der Waals surface area contributed by atoms with Gasteiger partial charge in [0.05, 0.1) is 0 Å². The van der Waals surface area contributed by atoms with E-state index in [4.69, 9.17) is 4.42 Å². The first kappa shape index (κ1) is 22.2. The molecule has 8 heteroatoms. The summed E-state index contributed by atoms with van der Waals surface area (Å²) in [5, 5.41) is 4.69. The van der Waals surface area contributed by atoms with Crippen LogP contribution in [0, 0.1) is 0 Å². The number of amides is 2. The van der Waals surface area contributed by atoms with Crippen molar-refractivity contribution in [3.8, 4) is 0 Å². The Kier molecular flexibility index (Phi) is 6.58. The normalized spacial score (nSPS) is 14.3. The number of thioether (sulfide) groups is 1. The van der Waals surface area contributed by atoms with Crippen LogP contribution < -0.4 is 5.32 Å². The largest absolute Gasteiger partial charge is 0.451 e. The van der Waals surface area contributed by atoms with Gasteiger partial charge in [0.25, 0.3) is 11.8 Å². The number of fused-ring (bicyclic) bond motifs is 1. The quantitative estimate of drug-likeness (QED) is 0.327. The van der Waals surface area contributed by atoms with Crippen molar-refractivity contribution in [1.82, 2.24) is 20.2 Å². The first-order valence-electron chi connectivity index (χ1n) is 11.2. The smallest absolute Gasteiger partial charge is 0.287 e. The van der Waals surface area contributed by atoms with Crippen LogP contribution in [0.1, 0.15) is 39.3 Å². The lowest BCUT2D eigenvalue weighted by Gasteiger charge is -2.32. The van der Waals surface area contributed by atoms with Gasteiger partial charge in [0, 0.05) is 53.8 Å². The monoisotopic (exact) mass is 472 g/mol. The molecule has 0 saturated carbocycles. The summed E-state index contributed by atoms with van der Waals surface area (Å²) in [7, 11) is 0. The number of nitrogens with one attached hydrogen (secondary N) is 1. The lowest BCUT2D eigenvalue weighted by atomic mass is 10.0. The Hall–Kier alpha value is -3.65. The zero-order chi connectivity index (χ0) is 23.3. The summed E-state index contributed by atoms with van der Waals surface area (Å²) in [5.41, 5.74) is 2.21. The Morgan fingerprint density at radius 2 is 1.68 bits per heavy atom. The number of furan rings is 1. The second kappa shape index (κ2) is 10.1. The minimum atomic E-state index is -0.228. The maximum atomic E-state index is 13.2. The van der Waals surface area contributed by atoms with Crippen LogP contribution in [0.25, 0.3) is 11.0 Å². The van der Waals surface area contributed by atoms with Crippen molar-refractivity contribution in [2.75, 3.05) is 13.1 Å². The highest BCUT2D eigenvalue weighted by atomic mass is 32.2. The standard InChI is InChI=1S/C26H24N4O3S/c31-24(29-19-11-15-30(16-12-19)25(32)18-7-2-1-3-8-18)23-21(17-34-26-27-13-6-14-28-26)20-9-4-5-10-22(20)33-23/h1-10,13-14,19H,11-12,15-17H2,(H,29,31). The van der Waals surface area contributed by atoms with Crippen molar-refractivity contribution in [2.24, 2.45) is 0 Å². The molecule has 1 aliphatic heterocycles. The maximum Gasteiger partial charge on any atom is 0.287 e. The van der Waals surface area contributed by atoms with Gasteiger partial charge in [-0.25, -0.2) is 9.97 Å². The zero-order valence-corrected chi connectivity index (χ0v) is 19.3. The molecule has 2 aromatic carbocycles. The topological polar surface area (TPSA) is 88.3 Å². The van der Waals surface area contributed by atoms with Gasteiger partial charge in [-0.1, -0.05) is 48.2 Å². The summed E-state index contributed by atoms with van der Waals surface area (Å²) in [6.07, 6.45) is 4.80. The van der Waals surface area contributed by atoms with Gasteiger partial charge >= 0.3 is 0 Å². The maximum absolute atomic E-state index is 13.2. The van der Waals surface area contributed by atoms with Crippen molar-refractivity contribution >= 4 is 34.5 Å². The van der Waals surface area contributed by atoms with Crippen LogP contribution in [0.5, 0.6) is 0 Å². The van der Waals surface area contributed by atoms with Gasteiger partial charge in [-0.3, -0.25) is 9.59 Å². The molecule has 3 heterocycles. The Balaban J connectivity index is 1.26. The number of rotatable bonds is 6. The van der Waals surface area contributed by atoms with Gasteiger partial charge in [-0.15, -0.1) is 0 Å². The van der Waals surface area contributed by atoms with Crippen molar-refractivity contribution in [1.29, 1.82) is 0 Å². The van der Waals surface area contributed by atoms with Crippen molar-refractivity contribution in [2.45, 2.75) is 29.8 Å². The predicted molar refractivity (Wildman–Crippen MR) is 131 cm³/mol. The Morgan fingerprint density at radius 1 is 0.971 bits per heavy atom. The third-order valence-electron chi connectivity index (χ3n) is 5.93. The van der Waals surface area contributed by atoms with Crippen molar-refractivity contribution in [3.05, 3.63) is 89.9 Å². The van der Waals surface area contributed by atoms with Crippen LogP contribution in [0.15, 0.2) is 82.6 Å². The van der Waals surface area contributed by atoms with E-state index in [-0.39, 0.29) is 17.9 Å². The van der Waals surface area contributed by atoms with Crippen LogP contribution in [0.4, 0.5) is 0 Å². The fourth-order valence-corrected chi connectivity index (χ4v) is 4.99. The predicted octanol–water partition coefficient (Wildman–Crippen LogP) is 4.55. The molecule has 0 radical (unpaired) electrons. The molecule has 34 heavy (non-hydrogen) atoms. The molecule has 2 aromatic heterocycles. The summed E-state index contributed by atoms with van der Waals surface area (Å²) in [6, 6.07) is 18.7. The second-order valence-electron chi connectivity index (χ2n) is 8.13. The third kappa shape index (κ3) is 4.82. The summed E-state index contributed by atoms with van der Waals surface area (Å²) >= 11 is 1.47. The van der Waals surface area contributed by atoms with Crippen molar-refractivity contribution < 1.29 is 14.0 Å². The molecular formula is C26H24N4O3S. The molecule has 1 fully saturated rings. The lowest BCUT2D eigenvalue weighted by molar-refractivity contribution is 0.0696. The average molecular weight is 473 g/mol. The van der Waals surface area contributed by atoms with E-state index in [0.717, 1.165) is 10.9 Å². The van der Waals surface area contributed by atoms with Gasteiger partial charge in [0.2, 0.25) is 0 Å². The minimum Gasteiger partial charge on any atom is -0.451 e. The number of piperidine rings is 1. The highest BCUT2D eigenvalue weighted by Crippen LogP contribution is 2.31. The highest BCUT2D eigenvalue weighted by Gasteiger charge is 2.27. The molecule has 1 aliphatic rings. The molecule has 1 saturated heterocycles. The van der Waals surface area contributed by atoms with E-state index in [1.54, 1.807) is 18.5 Å². The van der Waals surface area contributed by atoms with Gasteiger partial charge in [0.15, 0.2) is 10.9 Å². The molecule has 0 aliphatic carbocycles. The molecule has 4 aromatic rings. The Bertz CT molecular complexity index is 1290. The summed E-state index contributed by atoms with van der Waals surface area (Å²) in [4.78, 5) is 36.3. The number of hydrogen-bond acceptors (Lipinski definition) is 6. The van der Waals surface area contributed by atoms with Crippen LogP contribution >= 0.6 is 11.8 Å². The van der Waals surface area contributed by atoms with Crippen LogP contribution in [-0.4, -0.2) is 45.8 Å². The number of nitrogens with zero attached hydrogens (tertiary/aromatic N) is 3. The number of likely N-dealkylation sites (tertiary alicyclic amines) is 1. The third-order valence-corrected chi connectivity index (χ3v) is 6.83. The van der Waals surface area contributed by atoms with E-state index < -0.39 is 0 Å². The van der Waals surface area contributed by atoms with E-state index in [2.05, 4.69) is 15.3 Å². The fourth-order valence-electron chi connectivity index (χ4n) is 4.16. The van der Waals surface area contributed by atoms with E-state index in [1.165, 1.54) is 11.8 Å². The molecule has 0 spiro atoms. The Labute approximate surface area is 201 Å². The lowest BCUT2D eigenvalue weighted by Crippen LogP contribution is -2.46. The molecule has 0 bridgehead atoms. The van der Waals surface area contributed by atoms with E-state index in [1.807, 2.05) is 59.5 Å². The van der Waals surface area contributed by atoms with Crippen LogP contribution in [0.2, 0.25) is 0 Å². The first-order valence-corrected chi connectivity index (χ1v) is 12.2. The number of benzene rings is 2. The zero-order valence-electron chi connectivity index (χ0n) is 18.5. The SMILES string of the molecule is O=C(NC1CCN(C(=O)c2ccccc2)CC1)c1oc2ccccc2c1CSc1ncccn1. The van der Waals surface area contributed by atoms with E-state index >= 15 is 0 Å². The van der Waals surface area contributed by atoms with Crippen molar-refractivity contribution in [3.63, 3.8) is 0 Å². The molecule has 1 N–H and O–H groups in total. The fraction of sp³-hybridized carbons (Fsp3) is 0.231. The summed E-state index contributed by atoms with van der Waals surface area (Å²) in [6.45, 7) is 1.21. The average Bonchev–Trinajstić information content (AvgIpc) is 3.27. The van der Waals surface area contributed by atoms with Gasteiger partial charge < -0.3 is 14.6 Å². The van der Waals surface area contributed by atoms with E-state index in [0.29, 0.717) is 53.7 Å². The molecule has 7 nitrogen and oxygen atoms in total. The number of para-hydroxylation sites is 1.